The van der Waals surface area contributed by atoms with Gasteiger partial charge in [-0.15, -0.1) is 6.58 Å². The fourth-order valence-corrected chi connectivity index (χ4v) is 8.73. The van der Waals surface area contributed by atoms with Crippen molar-refractivity contribution >= 4 is 5.91 Å². The number of phenols is 1. The van der Waals surface area contributed by atoms with Gasteiger partial charge in [0.25, 0.3) is 0 Å². The Labute approximate surface area is 245 Å². The molecule has 220 valence electrons. The number of benzene rings is 2. The first-order valence-corrected chi connectivity index (χ1v) is 15.7. The summed E-state index contributed by atoms with van der Waals surface area (Å²) < 4.78 is 12.6. The molecule has 6 nitrogen and oxygen atoms in total. The van der Waals surface area contributed by atoms with Gasteiger partial charge in [0.05, 0.1) is 13.2 Å². The van der Waals surface area contributed by atoms with Gasteiger partial charge in [0.15, 0.2) is 11.5 Å². The summed E-state index contributed by atoms with van der Waals surface area (Å²) in [4.78, 5) is 18.1. The maximum absolute atomic E-state index is 13.5. The van der Waals surface area contributed by atoms with Crippen LogP contribution in [-0.4, -0.2) is 66.2 Å². The summed E-state index contributed by atoms with van der Waals surface area (Å²) in [5.41, 5.74) is 3.39. The van der Waals surface area contributed by atoms with Crippen molar-refractivity contribution in [1.29, 1.82) is 0 Å². The van der Waals surface area contributed by atoms with Crippen LogP contribution in [0.25, 0.3) is 0 Å². The molecule has 2 aromatic carbocycles. The molecular weight excluding hydrogens is 512 g/mol. The summed E-state index contributed by atoms with van der Waals surface area (Å²) >= 11 is 0. The first kappa shape index (κ1) is 28.1. The van der Waals surface area contributed by atoms with Crippen LogP contribution in [0.2, 0.25) is 0 Å². The van der Waals surface area contributed by atoms with Gasteiger partial charge in [0, 0.05) is 48.7 Å². The highest BCUT2D eigenvalue weighted by Gasteiger charge is 2.66. The first-order valence-electron chi connectivity index (χ1n) is 15.7. The molecule has 2 aromatic rings. The van der Waals surface area contributed by atoms with Crippen molar-refractivity contribution in [3.05, 3.63) is 65.7 Å². The first-order chi connectivity index (χ1) is 20.0. The predicted octanol–water partition coefficient (Wildman–Crippen LogP) is 6.04. The normalized spacial score (nSPS) is 27.6. The maximum atomic E-state index is 13.5. The molecule has 4 aliphatic rings. The Morgan fingerprint density at radius 2 is 1.98 bits per heavy atom. The molecule has 2 heterocycles. The zero-order valence-corrected chi connectivity index (χ0v) is 24.8. The van der Waals surface area contributed by atoms with E-state index in [2.05, 4.69) is 41.8 Å². The molecule has 1 amide bonds. The standard InChI is InChI=1S/C35H46N2O4/c1-4-20-37-21-19-35-26-17-18-27(34(35)41-33-30(40-3)23-29(38)25(32(33)35)22-28(26)37)36(2)31(39)16-12-7-5-6-9-13-24-14-10-8-11-15-24/h4,8,10-11,14-15,23,26-28,34,38H,1,5-7,9,12-13,16-22H2,2-3H3/t26-,27-,28+,34-,35-/m0/s1. The van der Waals surface area contributed by atoms with Crippen molar-refractivity contribution in [3.63, 3.8) is 0 Å². The zero-order valence-electron chi connectivity index (χ0n) is 24.8. The second-order valence-electron chi connectivity index (χ2n) is 12.7. The van der Waals surface area contributed by atoms with E-state index in [1.165, 1.54) is 30.4 Å². The maximum Gasteiger partial charge on any atom is 0.222 e. The molecule has 0 aromatic heterocycles. The minimum atomic E-state index is -0.201. The average molecular weight is 559 g/mol. The number of carbonyl (C=O) groups is 1. The zero-order chi connectivity index (χ0) is 28.6. The third-order valence-electron chi connectivity index (χ3n) is 10.7. The number of hydrogen-bond acceptors (Lipinski definition) is 5. The summed E-state index contributed by atoms with van der Waals surface area (Å²) in [6.07, 6.45) is 13.0. The lowest BCUT2D eigenvalue weighted by atomic mass is 9.51. The van der Waals surface area contributed by atoms with Gasteiger partial charge in [-0.2, -0.15) is 0 Å². The Bertz CT molecular complexity index is 1260. The van der Waals surface area contributed by atoms with Gasteiger partial charge in [-0.3, -0.25) is 9.69 Å². The Morgan fingerprint density at radius 3 is 2.76 bits per heavy atom. The fraction of sp³-hybridized carbons (Fsp3) is 0.571. The third-order valence-corrected chi connectivity index (χ3v) is 10.7. The lowest BCUT2D eigenvalue weighted by Crippen LogP contribution is -2.68. The molecule has 2 bridgehead atoms. The van der Waals surface area contributed by atoms with Gasteiger partial charge in [0.1, 0.15) is 11.9 Å². The second-order valence-corrected chi connectivity index (χ2v) is 12.7. The molecule has 0 unspecified atom stereocenters. The van der Waals surface area contributed by atoms with E-state index in [0.717, 1.165) is 69.3 Å². The molecule has 1 saturated heterocycles. The van der Waals surface area contributed by atoms with Crippen LogP contribution in [-0.2, 0) is 23.1 Å². The molecular formula is C35H46N2O4. The van der Waals surface area contributed by atoms with Gasteiger partial charge in [-0.1, -0.05) is 55.7 Å². The van der Waals surface area contributed by atoms with Crippen LogP contribution in [0.15, 0.2) is 49.1 Å². The number of hydrogen-bond donors (Lipinski definition) is 1. The van der Waals surface area contributed by atoms with Crippen molar-refractivity contribution in [2.75, 3.05) is 27.2 Å². The van der Waals surface area contributed by atoms with E-state index >= 15 is 0 Å². The molecule has 2 aliphatic carbocycles. The van der Waals surface area contributed by atoms with E-state index in [4.69, 9.17) is 9.47 Å². The number of nitrogens with zero attached hydrogens (tertiary/aromatic N) is 2. The van der Waals surface area contributed by atoms with E-state index in [9.17, 15) is 9.90 Å². The smallest absolute Gasteiger partial charge is 0.222 e. The molecule has 1 N–H and O–H groups in total. The minimum absolute atomic E-state index is 0.0152. The lowest BCUT2D eigenvalue weighted by Gasteiger charge is -2.60. The number of carbonyl (C=O) groups excluding carboxylic acids is 1. The number of phenolic OH excluding ortho intramolecular Hbond substituents is 1. The number of ether oxygens (including phenoxy) is 2. The number of likely N-dealkylation sites (N-methyl/N-ethyl adjacent to an activating group) is 1. The molecule has 2 aliphatic heterocycles. The molecule has 6 rings (SSSR count). The van der Waals surface area contributed by atoms with E-state index in [0.29, 0.717) is 29.9 Å². The monoisotopic (exact) mass is 558 g/mol. The van der Waals surface area contributed by atoms with Gasteiger partial charge in [-0.25, -0.2) is 0 Å². The number of unbranched alkanes of at least 4 members (excludes halogenated alkanes) is 4. The number of piperidine rings is 1. The van der Waals surface area contributed by atoms with Crippen LogP contribution in [0.4, 0.5) is 0 Å². The van der Waals surface area contributed by atoms with Crippen LogP contribution in [0.1, 0.15) is 74.5 Å². The topological polar surface area (TPSA) is 62.2 Å². The minimum Gasteiger partial charge on any atom is -0.508 e. The highest BCUT2D eigenvalue weighted by atomic mass is 16.5. The number of aryl methyl sites for hydroxylation is 1. The molecule has 2 fully saturated rings. The van der Waals surface area contributed by atoms with Gasteiger partial charge >= 0.3 is 0 Å². The van der Waals surface area contributed by atoms with E-state index < -0.39 is 0 Å². The predicted molar refractivity (Wildman–Crippen MR) is 162 cm³/mol. The summed E-state index contributed by atoms with van der Waals surface area (Å²) in [5, 5.41) is 11.1. The van der Waals surface area contributed by atoms with Gasteiger partial charge in [-0.05, 0) is 63.0 Å². The van der Waals surface area contributed by atoms with Crippen molar-refractivity contribution in [1.82, 2.24) is 9.80 Å². The summed E-state index contributed by atoms with van der Waals surface area (Å²) in [6.45, 7) is 5.84. The van der Waals surface area contributed by atoms with Gasteiger partial charge < -0.3 is 19.5 Å². The Balaban J connectivity index is 1.13. The molecule has 0 radical (unpaired) electrons. The van der Waals surface area contributed by atoms with Crippen molar-refractivity contribution in [2.24, 2.45) is 5.92 Å². The van der Waals surface area contributed by atoms with Crippen LogP contribution < -0.4 is 9.47 Å². The van der Waals surface area contributed by atoms with E-state index in [1.807, 2.05) is 18.0 Å². The Kier molecular flexibility index (Phi) is 8.04. The Hall–Kier alpha value is -2.99. The summed E-state index contributed by atoms with van der Waals surface area (Å²) in [6, 6.07) is 12.8. The number of aromatic hydroxyl groups is 1. The van der Waals surface area contributed by atoms with E-state index in [-0.39, 0.29) is 23.5 Å². The highest BCUT2D eigenvalue weighted by molar-refractivity contribution is 5.76. The van der Waals surface area contributed by atoms with E-state index in [1.54, 1.807) is 13.2 Å². The summed E-state index contributed by atoms with van der Waals surface area (Å²) in [7, 11) is 3.63. The van der Waals surface area contributed by atoms with Crippen molar-refractivity contribution < 1.29 is 19.4 Å². The largest absolute Gasteiger partial charge is 0.508 e. The molecule has 6 heteroatoms. The molecule has 41 heavy (non-hydrogen) atoms. The fourth-order valence-electron chi connectivity index (χ4n) is 8.73. The van der Waals surface area contributed by atoms with Crippen LogP contribution >= 0.6 is 0 Å². The third kappa shape index (κ3) is 4.82. The van der Waals surface area contributed by atoms with Crippen LogP contribution in [0.5, 0.6) is 17.2 Å². The molecule has 1 saturated carbocycles. The number of methoxy groups -OCH3 is 1. The second kappa shape index (κ2) is 11.7. The molecule has 5 atom stereocenters. The molecule has 1 spiro atoms. The quantitative estimate of drug-likeness (QED) is 0.254. The average Bonchev–Trinajstić information content (AvgIpc) is 3.33. The number of likely N-dealkylation sites (tertiary alicyclic amines) is 1. The number of amides is 1. The van der Waals surface area contributed by atoms with Crippen LogP contribution in [0.3, 0.4) is 0 Å². The SMILES string of the molecule is C=CCN1CC[C@]23c4c5c(O)cc(OC)c4O[C@H]2[C@@H](N(C)C(=O)CCCCCCCc2ccccc2)CC[C@H]3[C@H]1C5. The lowest BCUT2D eigenvalue weighted by molar-refractivity contribution is -0.140. The van der Waals surface area contributed by atoms with Gasteiger partial charge in [0.2, 0.25) is 5.91 Å². The van der Waals surface area contributed by atoms with Crippen molar-refractivity contribution in [2.45, 2.75) is 94.2 Å². The Morgan fingerprint density at radius 1 is 1.20 bits per heavy atom. The van der Waals surface area contributed by atoms with Crippen LogP contribution in [0, 0.1) is 5.92 Å². The number of rotatable bonds is 12. The highest BCUT2D eigenvalue weighted by Crippen LogP contribution is 2.65. The van der Waals surface area contributed by atoms with Crippen molar-refractivity contribution in [3.8, 4) is 17.2 Å². The summed E-state index contributed by atoms with van der Waals surface area (Å²) in [5.74, 6) is 2.37.